The molecule has 1 aromatic rings. The van der Waals surface area contributed by atoms with Crippen molar-refractivity contribution in [1.29, 1.82) is 0 Å². The largest absolute Gasteiger partial charge is 0.491 e. The third kappa shape index (κ3) is 4.21. The molecular formula is C17H26N2O2. The quantitative estimate of drug-likeness (QED) is 0.845. The number of hydrogen-bond donors (Lipinski definition) is 2. The average molecular weight is 290 g/mol. The van der Waals surface area contributed by atoms with Crippen molar-refractivity contribution in [3.63, 3.8) is 0 Å². The lowest BCUT2D eigenvalue weighted by molar-refractivity contribution is -0.126. The van der Waals surface area contributed by atoms with E-state index in [4.69, 9.17) is 4.74 Å². The monoisotopic (exact) mass is 290 g/mol. The van der Waals surface area contributed by atoms with E-state index in [0.29, 0.717) is 12.5 Å². The molecular weight excluding hydrogens is 264 g/mol. The number of carbonyl (C=O) groups is 1. The van der Waals surface area contributed by atoms with Gasteiger partial charge in [-0.3, -0.25) is 4.79 Å². The third-order valence-corrected chi connectivity index (χ3v) is 3.97. The SMILES string of the molecule is Cc1ccc(CNC(=O)C(C)C2CNC2)c(OC(C)C)c1. The van der Waals surface area contributed by atoms with Gasteiger partial charge in [0.2, 0.25) is 5.91 Å². The van der Waals surface area contributed by atoms with Gasteiger partial charge in [-0.15, -0.1) is 0 Å². The van der Waals surface area contributed by atoms with Crippen molar-refractivity contribution in [2.24, 2.45) is 11.8 Å². The molecule has 0 spiro atoms. The summed E-state index contributed by atoms with van der Waals surface area (Å²) in [5, 5.41) is 6.24. The van der Waals surface area contributed by atoms with Gasteiger partial charge in [-0.25, -0.2) is 0 Å². The smallest absolute Gasteiger partial charge is 0.223 e. The summed E-state index contributed by atoms with van der Waals surface area (Å²) in [5.41, 5.74) is 2.19. The number of aryl methyl sites for hydroxylation is 1. The van der Waals surface area contributed by atoms with Crippen LogP contribution in [0.4, 0.5) is 0 Å². The summed E-state index contributed by atoms with van der Waals surface area (Å²) in [6.07, 6.45) is 0.126. The molecule has 1 unspecified atom stereocenters. The summed E-state index contributed by atoms with van der Waals surface area (Å²) in [4.78, 5) is 12.2. The van der Waals surface area contributed by atoms with Crippen LogP contribution in [0.1, 0.15) is 31.9 Å². The molecule has 4 nitrogen and oxygen atoms in total. The number of rotatable bonds is 6. The van der Waals surface area contributed by atoms with Crippen molar-refractivity contribution in [3.8, 4) is 5.75 Å². The minimum atomic E-state index is 0.0613. The van der Waals surface area contributed by atoms with E-state index in [0.717, 1.165) is 30.0 Å². The van der Waals surface area contributed by atoms with Crippen LogP contribution in [0.2, 0.25) is 0 Å². The molecule has 0 aromatic heterocycles. The van der Waals surface area contributed by atoms with E-state index in [-0.39, 0.29) is 17.9 Å². The van der Waals surface area contributed by atoms with Crippen LogP contribution in [0.5, 0.6) is 5.75 Å². The van der Waals surface area contributed by atoms with Gasteiger partial charge in [-0.1, -0.05) is 19.1 Å². The minimum Gasteiger partial charge on any atom is -0.491 e. The predicted octanol–water partition coefficient (Wildman–Crippen LogP) is 2.25. The molecule has 116 valence electrons. The van der Waals surface area contributed by atoms with Crippen LogP contribution >= 0.6 is 0 Å². The molecule has 1 saturated heterocycles. The van der Waals surface area contributed by atoms with Gasteiger partial charge in [0.25, 0.3) is 0 Å². The summed E-state index contributed by atoms with van der Waals surface area (Å²) in [5.74, 6) is 1.52. The number of hydrogen-bond acceptors (Lipinski definition) is 3. The van der Waals surface area contributed by atoms with E-state index in [9.17, 15) is 4.79 Å². The van der Waals surface area contributed by atoms with Gasteiger partial charge < -0.3 is 15.4 Å². The van der Waals surface area contributed by atoms with Gasteiger partial charge >= 0.3 is 0 Å². The Bertz CT molecular complexity index is 496. The standard InChI is InChI=1S/C17H26N2O2/c1-11(2)21-16-7-12(3)5-6-14(16)10-19-17(20)13(4)15-8-18-9-15/h5-7,11,13,15,18H,8-10H2,1-4H3,(H,19,20). The molecule has 2 N–H and O–H groups in total. The summed E-state index contributed by atoms with van der Waals surface area (Å²) in [7, 11) is 0. The molecule has 0 saturated carbocycles. The first-order valence-corrected chi connectivity index (χ1v) is 7.72. The Morgan fingerprint density at radius 2 is 2.10 bits per heavy atom. The summed E-state index contributed by atoms with van der Waals surface area (Å²) in [6.45, 7) is 10.5. The fourth-order valence-electron chi connectivity index (χ4n) is 2.39. The molecule has 1 fully saturated rings. The highest BCUT2D eigenvalue weighted by atomic mass is 16.5. The molecule has 1 atom stereocenters. The van der Waals surface area contributed by atoms with Gasteiger partial charge in [0, 0.05) is 18.0 Å². The Labute approximate surface area is 127 Å². The molecule has 1 aliphatic rings. The van der Waals surface area contributed by atoms with Crippen molar-refractivity contribution in [2.45, 2.75) is 40.3 Å². The lowest BCUT2D eigenvalue weighted by Gasteiger charge is -2.31. The average Bonchev–Trinajstić information content (AvgIpc) is 2.34. The van der Waals surface area contributed by atoms with E-state index in [2.05, 4.69) is 10.6 Å². The molecule has 0 aliphatic carbocycles. The van der Waals surface area contributed by atoms with Crippen molar-refractivity contribution in [2.75, 3.05) is 13.1 Å². The Kier molecular flexibility index (Phi) is 5.23. The van der Waals surface area contributed by atoms with Crippen LogP contribution in [0.3, 0.4) is 0 Å². The zero-order chi connectivity index (χ0) is 15.4. The first-order chi connectivity index (χ1) is 9.97. The zero-order valence-corrected chi connectivity index (χ0v) is 13.4. The van der Waals surface area contributed by atoms with Crippen LogP contribution in [0.25, 0.3) is 0 Å². The number of ether oxygens (including phenoxy) is 1. The van der Waals surface area contributed by atoms with Crippen LogP contribution in [0.15, 0.2) is 18.2 Å². The molecule has 1 aliphatic heterocycles. The Balaban J connectivity index is 1.96. The van der Waals surface area contributed by atoms with Crippen LogP contribution in [0, 0.1) is 18.8 Å². The van der Waals surface area contributed by atoms with Crippen molar-refractivity contribution in [1.82, 2.24) is 10.6 Å². The van der Waals surface area contributed by atoms with Crippen LogP contribution in [-0.2, 0) is 11.3 Å². The van der Waals surface area contributed by atoms with Gasteiger partial charge in [-0.2, -0.15) is 0 Å². The Hall–Kier alpha value is -1.55. The molecule has 1 aromatic carbocycles. The van der Waals surface area contributed by atoms with Crippen molar-refractivity contribution < 1.29 is 9.53 Å². The van der Waals surface area contributed by atoms with Gasteiger partial charge in [-0.05, 0) is 51.4 Å². The second kappa shape index (κ2) is 6.94. The van der Waals surface area contributed by atoms with Gasteiger partial charge in [0.15, 0.2) is 0 Å². The Morgan fingerprint density at radius 1 is 1.38 bits per heavy atom. The van der Waals surface area contributed by atoms with Crippen LogP contribution in [-0.4, -0.2) is 25.1 Å². The molecule has 2 rings (SSSR count). The first-order valence-electron chi connectivity index (χ1n) is 7.72. The second-order valence-electron chi connectivity index (χ2n) is 6.20. The first kappa shape index (κ1) is 15.8. The molecule has 0 radical (unpaired) electrons. The minimum absolute atomic E-state index is 0.0613. The summed E-state index contributed by atoms with van der Waals surface area (Å²) < 4.78 is 5.84. The molecule has 1 amide bonds. The van der Waals surface area contributed by atoms with Crippen molar-refractivity contribution >= 4 is 5.91 Å². The highest BCUT2D eigenvalue weighted by Crippen LogP contribution is 2.22. The van der Waals surface area contributed by atoms with E-state index >= 15 is 0 Å². The lowest BCUT2D eigenvalue weighted by atomic mass is 9.88. The molecule has 4 heteroatoms. The lowest BCUT2D eigenvalue weighted by Crippen LogP contribution is -2.49. The fourth-order valence-corrected chi connectivity index (χ4v) is 2.39. The van der Waals surface area contributed by atoms with Crippen molar-refractivity contribution in [3.05, 3.63) is 29.3 Å². The van der Waals surface area contributed by atoms with Crippen LogP contribution < -0.4 is 15.4 Å². The van der Waals surface area contributed by atoms with Gasteiger partial charge in [0.1, 0.15) is 5.75 Å². The number of amides is 1. The predicted molar refractivity (Wildman–Crippen MR) is 84.3 cm³/mol. The fraction of sp³-hybridized carbons (Fsp3) is 0.588. The number of nitrogens with one attached hydrogen (secondary N) is 2. The second-order valence-corrected chi connectivity index (χ2v) is 6.20. The highest BCUT2D eigenvalue weighted by Gasteiger charge is 2.28. The zero-order valence-electron chi connectivity index (χ0n) is 13.4. The number of benzene rings is 1. The van der Waals surface area contributed by atoms with E-state index in [1.807, 2.05) is 45.9 Å². The number of carbonyl (C=O) groups excluding carboxylic acids is 1. The van der Waals surface area contributed by atoms with Gasteiger partial charge in [0.05, 0.1) is 6.10 Å². The van der Waals surface area contributed by atoms with E-state index in [1.165, 1.54) is 0 Å². The third-order valence-electron chi connectivity index (χ3n) is 3.97. The highest BCUT2D eigenvalue weighted by molar-refractivity contribution is 5.78. The molecule has 0 bridgehead atoms. The maximum Gasteiger partial charge on any atom is 0.223 e. The molecule has 1 heterocycles. The van der Waals surface area contributed by atoms with E-state index < -0.39 is 0 Å². The van der Waals surface area contributed by atoms with E-state index in [1.54, 1.807) is 0 Å². The Morgan fingerprint density at radius 3 is 2.67 bits per heavy atom. The maximum absolute atomic E-state index is 12.2. The summed E-state index contributed by atoms with van der Waals surface area (Å²) in [6, 6.07) is 6.11. The normalized spacial score (nSPS) is 16.4. The maximum atomic E-state index is 12.2. The topological polar surface area (TPSA) is 50.4 Å². The summed E-state index contributed by atoms with van der Waals surface area (Å²) >= 11 is 0. The molecule has 21 heavy (non-hydrogen) atoms.